The molecule has 2 aromatic rings. The molecule has 0 fully saturated rings. The number of carbonyl (C=O) groups excluding carboxylic acids is 3. The summed E-state index contributed by atoms with van der Waals surface area (Å²) in [6.07, 6.45) is -4.66. The first-order valence-corrected chi connectivity index (χ1v) is 9.11. The highest BCUT2D eigenvalue weighted by molar-refractivity contribution is 7.12. The second kappa shape index (κ2) is 9.01. The summed E-state index contributed by atoms with van der Waals surface area (Å²) in [4.78, 5) is 37.4. The third-order valence-corrected chi connectivity index (χ3v) is 4.72. The molecule has 28 heavy (non-hydrogen) atoms. The van der Waals surface area contributed by atoms with Gasteiger partial charge in [0.2, 0.25) is 0 Å². The van der Waals surface area contributed by atoms with Crippen molar-refractivity contribution in [2.24, 2.45) is 0 Å². The fourth-order valence-corrected chi connectivity index (χ4v) is 3.36. The van der Waals surface area contributed by atoms with Gasteiger partial charge in [0.05, 0.1) is 12.0 Å². The number of thiophene rings is 1. The van der Waals surface area contributed by atoms with E-state index in [0.717, 1.165) is 34.0 Å². The minimum Gasteiger partial charge on any atom is -0.456 e. The van der Waals surface area contributed by atoms with E-state index >= 15 is 0 Å². The smallest absolute Gasteiger partial charge is 0.416 e. The number of amides is 1. The molecule has 0 aliphatic rings. The summed E-state index contributed by atoms with van der Waals surface area (Å²) in [6, 6.07) is 5.65. The number of aryl methyl sites for hydroxylation is 2. The maximum atomic E-state index is 12.5. The minimum absolute atomic E-state index is 0.0314. The SMILES string of the molecule is Cc1cc(C(=O)CCC(=O)OCC(=O)Nc2ccc(C(F)(F)F)cc2)c(C)s1. The Balaban J connectivity index is 1.75. The number of halogens is 3. The number of benzene rings is 1. The van der Waals surface area contributed by atoms with E-state index in [9.17, 15) is 27.6 Å². The molecule has 1 N–H and O–H groups in total. The first kappa shape index (κ1) is 21.6. The summed E-state index contributed by atoms with van der Waals surface area (Å²) < 4.78 is 42.2. The molecule has 1 heterocycles. The Hall–Kier alpha value is -2.68. The molecule has 150 valence electrons. The summed E-state index contributed by atoms with van der Waals surface area (Å²) >= 11 is 1.50. The maximum Gasteiger partial charge on any atom is 0.416 e. The van der Waals surface area contributed by atoms with Crippen LogP contribution in [0.1, 0.15) is 38.5 Å². The summed E-state index contributed by atoms with van der Waals surface area (Å²) in [6.45, 7) is 3.12. The molecule has 0 atom stereocenters. The molecule has 1 aromatic carbocycles. The molecule has 2 rings (SSSR count). The first-order chi connectivity index (χ1) is 13.1. The number of anilines is 1. The van der Waals surface area contributed by atoms with Crippen LogP contribution < -0.4 is 5.32 Å². The minimum atomic E-state index is -4.46. The van der Waals surface area contributed by atoms with Crippen LogP contribution in [0.15, 0.2) is 30.3 Å². The van der Waals surface area contributed by atoms with Gasteiger partial charge in [0.15, 0.2) is 12.4 Å². The van der Waals surface area contributed by atoms with Crippen LogP contribution in [-0.2, 0) is 20.5 Å². The third kappa shape index (κ3) is 6.19. The van der Waals surface area contributed by atoms with Gasteiger partial charge in [0, 0.05) is 27.4 Å². The van der Waals surface area contributed by atoms with Crippen LogP contribution in [0.25, 0.3) is 0 Å². The monoisotopic (exact) mass is 413 g/mol. The van der Waals surface area contributed by atoms with Crippen LogP contribution in [0.3, 0.4) is 0 Å². The van der Waals surface area contributed by atoms with Gasteiger partial charge in [0.1, 0.15) is 0 Å². The molecule has 0 spiro atoms. The predicted octanol–water partition coefficient (Wildman–Crippen LogP) is 4.53. The van der Waals surface area contributed by atoms with Gasteiger partial charge in [-0.3, -0.25) is 14.4 Å². The lowest BCUT2D eigenvalue weighted by molar-refractivity contribution is -0.147. The van der Waals surface area contributed by atoms with Crippen molar-refractivity contribution < 1.29 is 32.3 Å². The average molecular weight is 413 g/mol. The van der Waals surface area contributed by atoms with Crippen molar-refractivity contribution in [1.29, 1.82) is 0 Å². The van der Waals surface area contributed by atoms with Gasteiger partial charge in [0.25, 0.3) is 5.91 Å². The normalized spacial score (nSPS) is 11.2. The zero-order valence-corrected chi connectivity index (χ0v) is 16.0. The van der Waals surface area contributed by atoms with Crippen molar-refractivity contribution >= 4 is 34.7 Å². The van der Waals surface area contributed by atoms with E-state index in [2.05, 4.69) is 5.32 Å². The summed E-state index contributed by atoms with van der Waals surface area (Å²) in [7, 11) is 0. The maximum absolute atomic E-state index is 12.5. The van der Waals surface area contributed by atoms with E-state index in [1.54, 1.807) is 6.07 Å². The van der Waals surface area contributed by atoms with Crippen molar-refractivity contribution in [2.45, 2.75) is 32.9 Å². The molecule has 0 aliphatic heterocycles. The number of ketones is 1. The fraction of sp³-hybridized carbons (Fsp3) is 0.316. The Kier molecular flexibility index (Phi) is 6.95. The number of nitrogens with one attached hydrogen (secondary N) is 1. The number of esters is 1. The van der Waals surface area contributed by atoms with Crippen LogP contribution in [0, 0.1) is 13.8 Å². The van der Waals surface area contributed by atoms with Crippen LogP contribution >= 0.6 is 11.3 Å². The number of Topliss-reactive ketones (excluding diaryl/α,β-unsaturated/α-hetero) is 1. The van der Waals surface area contributed by atoms with Gasteiger partial charge < -0.3 is 10.1 Å². The largest absolute Gasteiger partial charge is 0.456 e. The van der Waals surface area contributed by atoms with Crippen molar-refractivity contribution in [3.8, 4) is 0 Å². The lowest BCUT2D eigenvalue weighted by Crippen LogP contribution is -2.21. The second-order valence-corrected chi connectivity index (χ2v) is 7.49. The lowest BCUT2D eigenvalue weighted by atomic mass is 10.1. The molecule has 1 amide bonds. The summed E-state index contributed by atoms with van der Waals surface area (Å²) in [5.41, 5.74) is -0.111. The van der Waals surface area contributed by atoms with E-state index in [4.69, 9.17) is 4.74 Å². The van der Waals surface area contributed by atoms with Crippen molar-refractivity contribution in [3.05, 3.63) is 51.2 Å². The fourth-order valence-electron chi connectivity index (χ4n) is 2.42. The average Bonchev–Trinajstić information content (AvgIpc) is 2.96. The number of rotatable bonds is 7. The Morgan fingerprint density at radius 2 is 1.71 bits per heavy atom. The van der Waals surface area contributed by atoms with E-state index in [0.29, 0.717) is 5.56 Å². The topological polar surface area (TPSA) is 72.5 Å². The van der Waals surface area contributed by atoms with Gasteiger partial charge >= 0.3 is 12.1 Å². The van der Waals surface area contributed by atoms with Crippen molar-refractivity contribution in [2.75, 3.05) is 11.9 Å². The number of ether oxygens (including phenoxy) is 1. The number of alkyl halides is 3. The number of hydrogen-bond acceptors (Lipinski definition) is 5. The predicted molar refractivity (Wildman–Crippen MR) is 98.4 cm³/mol. The summed E-state index contributed by atoms with van der Waals surface area (Å²) in [5.74, 6) is -1.57. The van der Waals surface area contributed by atoms with Crippen LogP contribution in [0.4, 0.5) is 18.9 Å². The van der Waals surface area contributed by atoms with Crippen LogP contribution in [0.5, 0.6) is 0 Å². The quantitative estimate of drug-likeness (QED) is 0.535. The summed E-state index contributed by atoms with van der Waals surface area (Å²) in [5, 5.41) is 2.33. The zero-order chi connectivity index (χ0) is 20.9. The molecule has 0 unspecified atom stereocenters. The lowest BCUT2D eigenvalue weighted by Gasteiger charge is -2.09. The van der Waals surface area contributed by atoms with E-state index < -0.39 is 30.2 Å². The molecule has 0 radical (unpaired) electrons. The van der Waals surface area contributed by atoms with Gasteiger partial charge in [-0.05, 0) is 44.2 Å². The molecular weight excluding hydrogens is 395 g/mol. The van der Waals surface area contributed by atoms with Gasteiger partial charge in [-0.25, -0.2) is 0 Å². The number of carbonyl (C=O) groups is 3. The van der Waals surface area contributed by atoms with E-state index in [1.165, 1.54) is 11.3 Å². The van der Waals surface area contributed by atoms with E-state index in [1.807, 2.05) is 13.8 Å². The molecular formula is C19H18F3NO4S. The number of hydrogen-bond donors (Lipinski definition) is 1. The van der Waals surface area contributed by atoms with Gasteiger partial charge in [-0.1, -0.05) is 0 Å². The highest BCUT2D eigenvalue weighted by Gasteiger charge is 2.30. The second-order valence-electron chi connectivity index (χ2n) is 6.03. The van der Waals surface area contributed by atoms with Crippen LogP contribution in [-0.4, -0.2) is 24.3 Å². The molecule has 0 aliphatic carbocycles. The van der Waals surface area contributed by atoms with E-state index in [-0.39, 0.29) is 24.3 Å². The standard InChI is InChI=1S/C19H18F3NO4S/c1-11-9-15(12(2)28-11)16(24)7-8-18(26)27-10-17(25)23-14-5-3-13(4-6-14)19(20,21)22/h3-6,9H,7-8,10H2,1-2H3,(H,23,25). The highest BCUT2D eigenvalue weighted by atomic mass is 32.1. The Morgan fingerprint density at radius 3 is 2.25 bits per heavy atom. The first-order valence-electron chi connectivity index (χ1n) is 8.29. The molecule has 0 saturated carbocycles. The molecule has 0 saturated heterocycles. The van der Waals surface area contributed by atoms with Gasteiger partial charge in [-0.15, -0.1) is 11.3 Å². The van der Waals surface area contributed by atoms with Gasteiger partial charge in [-0.2, -0.15) is 13.2 Å². The zero-order valence-electron chi connectivity index (χ0n) is 15.2. The third-order valence-electron chi connectivity index (χ3n) is 3.76. The molecule has 1 aromatic heterocycles. The van der Waals surface area contributed by atoms with Crippen molar-refractivity contribution in [1.82, 2.24) is 0 Å². The van der Waals surface area contributed by atoms with Crippen molar-refractivity contribution in [3.63, 3.8) is 0 Å². The highest BCUT2D eigenvalue weighted by Crippen LogP contribution is 2.29. The molecule has 9 heteroatoms. The molecule has 0 bridgehead atoms. The Labute approximate surface area is 163 Å². The Bertz CT molecular complexity index is 872. The molecule has 5 nitrogen and oxygen atoms in total. The Morgan fingerprint density at radius 1 is 1.07 bits per heavy atom. The van der Waals surface area contributed by atoms with Crippen LogP contribution in [0.2, 0.25) is 0 Å².